The Morgan fingerprint density at radius 3 is 2.96 bits per heavy atom. The molecule has 2 saturated heterocycles. The summed E-state index contributed by atoms with van der Waals surface area (Å²) < 4.78 is 0. The fourth-order valence-electron chi connectivity index (χ4n) is 4.34. The number of rotatable bonds is 4. The Balaban J connectivity index is 1.45. The quantitative estimate of drug-likeness (QED) is 0.890. The first kappa shape index (κ1) is 17.0. The fourth-order valence-corrected chi connectivity index (χ4v) is 4.34. The number of nitriles is 1. The second-order valence-corrected chi connectivity index (χ2v) is 7.36. The third-order valence-corrected chi connectivity index (χ3v) is 5.65. The molecule has 4 rings (SSSR count). The van der Waals surface area contributed by atoms with E-state index in [1.54, 1.807) is 12.3 Å². The van der Waals surface area contributed by atoms with Crippen molar-refractivity contribution in [3.8, 4) is 6.07 Å². The van der Waals surface area contributed by atoms with Crippen molar-refractivity contribution in [3.05, 3.63) is 59.8 Å². The average molecular weight is 347 g/mol. The first-order chi connectivity index (χ1) is 12.8. The summed E-state index contributed by atoms with van der Waals surface area (Å²) >= 11 is 0. The van der Waals surface area contributed by atoms with E-state index >= 15 is 0 Å². The van der Waals surface area contributed by atoms with Crippen molar-refractivity contribution in [2.24, 2.45) is 11.8 Å². The van der Waals surface area contributed by atoms with E-state index in [0.717, 1.165) is 31.9 Å². The molecular weight excluding hydrogens is 322 g/mol. The zero-order valence-electron chi connectivity index (χ0n) is 14.9. The number of anilines is 1. The van der Waals surface area contributed by atoms with Crippen LogP contribution < -0.4 is 15.8 Å². The Morgan fingerprint density at radius 1 is 1.23 bits per heavy atom. The van der Waals surface area contributed by atoms with Gasteiger partial charge < -0.3 is 4.90 Å². The molecule has 3 unspecified atom stereocenters. The molecule has 5 heteroatoms. The Hall–Kier alpha value is -2.42. The minimum Gasteiger partial charge on any atom is -0.356 e. The number of hydrogen-bond acceptors (Lipinski definition) is 5. The van der Waals surface area contributed by atoms with Gasteiger partial charge >= 0.3 is 0 Å². The van der Waals surface area contributed by atoms with Gasteiger partial charge in [0.1, 0.15) is 5.82 Å². The molecule has 1 aromatic heterocycles. The molecule has 2 N–H and O–H groups in total. The highest BCUT2D eigenvalue weighted by Crippen LogP contribution is 2.29. The molecule has 5 nitrogen and oxygen atoms in total. The van der Waals surface area contributed by atoms with Gasteiger partial charge in [-0.15, -0.1) is 0 Å². The summed E-state index contributed by atoms with van der Waals surface area (Å²) in [6.07, 6.45) is 5.24. The first-order valence-corrected chi connectivity index (χ1v) is 9.47. The number of hydrazine groups is 1. The van der Waals surface area contributed by atoms with Crippen molar-refractivity contribution >= 4 is 5.82 Å². The number of pyridine rings is 1. The first-order valence-electron chi connectivity index (χ1n) is 9.47. The molecule has 0 aliphatic carbocycles. The van der Waals surface area contributed by atoms with Gasteiger partial charge in [0.05, 0.1) is 11.6 Å². The number of aromatic nitrogens is 1. The van der Waals surface area contributed by atoms with Crippen LogP contribution in [0.2, 0.25) is 0 Å². The minimum absolute atomic E-state index is 0.470. The number of piperidine rings is 1. The van der Waals surface area contributed by atoms with Crippen LogP contribution in [0.3, 0.4) is 0 Å². The Kier molecular flexibility index (Phi) is 5.14. The predicted molar refractivity (Wildman–Crippen MR) is 102 cm³/mol. The van der Waals surface area contributed by atoms with E-state index in [9.17, 15) is 0 Å². The van der Waals surface area contributed by atoms with Gasteiger partial charge in [-0.1, -0.05) is 30.3 Å². The summed E-state index contributed by atoms with van der Waals surface area (Å²) in [5.41, 5.74) is 9.01. The second kappa shape index (κ2) is 7.86. The van der Waals surface area contributed by atoms with E-state index < -0.39 is 0 Å². The number of hydrogen-bond donors (Lipinski definition) is 2. The van der Waals surface area contributed by atoms with Gasteiger partial charge in [0.2, 0.25) is 0 Å². The molecule has 2 fully saturated rings. The summed E-state index contributed by atoms with van der Waals surface area (Å²) in [5, 5.41) is 9.15. The van der Waals surface area contributed by atoms with Gasteiger partial charge in [0.25, 0.3) is 0 Å². The largest absolute Gasteiger partial charge is 0.356 e. The van der Waals surface area contributed by atoms with Gasteiger partial charge in [-0.25, -0.2) is 4.98 Å². The molecule has 3 atom stereocenters. The van der Waals surface area contributed by atoms with Crippen LogP contribution in [0.5, 0.6) is 0 Å². The molecular formula is C21H25N5. The lowest BCUT2D eigenvalue weighted by Gasteiger charge is -2.38. The van der Waals surface area contributed by atoms with Crippen molar-refractivity contribution < 1.29 is 0 Å². The summed E-state index contributed by atoms with van der Waals surface area (Å²) in [7, 11) is 0. The van der Waals surface area contributed by atoms with E-state index in [2.05, 4.69) is 57.1 Å². The molecule has 26 heavy (non-hydrogen) atoms. The van der Waals surface area contributed by atoms with E-state index in [0.29, 0.717) is 23.4 Å². The van der Waals surface area contributed by atoms with Crippen LogP contribution in [0, 0.1) is 23.2 Å². The number of nitrogens with zero attached hydrogens (tertiary/aromatic N) is 3. The summed E-state index contributed by atoms with van der Waals surface area (Å²) in [4.78, 5) is 6.84. The Morgan fingerprint density at radius 2 is 2.12 bits per heavy atom. The molecule has 2 aromatic rings. The molecule has 2 aliphatic heterocycles. The maximum atomic E-state index is 9.15. The zero-order chi connectivity index (χ0) is 17.8. The molecule has 0 radical (unpaired) electrons. The van der Waals surface area contributed by atoms with E-state index in [-0.39, 0.29) is 0 Å². The lowest BCUT2D eigenvalue weighted by Crippen LogP contribution is -2.47. The highest BCUT2D eigenvalue weighted by atomic mass is 15.4. The number of benzene rings is 1. The fraction of sp³-hybridized carbons (Fsp3) is 0.429. The van der Waals surface area contributed by atoms with Crippen molar-refractivity contribution in [1.29, 1.82) is 5.26 Å². The van der Waals surface area contributed by atoms with E-state index in [4.69, 9.17) is 5.26 Å². The summed E-state index contributed by atoms with van der Waals surface area (Å²) in [5.74, 6) is 2.11. The molecule has 134 valence electrons. The minimum atomic E-state index is 0.470. The lowest BCUT2D eigenvalue weighted by atomic mass is 9.81. The van der Waals surface area contributed by atoms with Gasteiger partial charge in [-0.3, -0.25) is 10.9 Å². The van der Waals surface area contributed by atoms with Crippen LogP contribution in [0.4, 0.5) is 5.82 Å². The smallest absolute Gasteiger partial charge is 0.129 e. The van der Waals surface area contributed by atoms with Gasteiger partial charge in [-0.05, 0) is 48.8 Å². The standard InChI is InChI=1S/C21H25N5/c22-13-17-8-9-23-20(12-17)26-10-4-7-18(15-26)21-19(14-24-25-21)11-16-5-2-1-3-6-16/h1-3,5-6,8-9,12,18-19,21,24-25H,4,7,10-11,14-15H2. The Bertz CT molecular complexity index is 769. The van der Waals surface area contributed by atoms with Crippen molar-refractivity contribution in [2.45, 2.75) is 25.3 Å². The molecule has 0 spiro atoms. The molecule has 0 saturated carbocycles. The van der Waals surface area contributed by atoms with Crippen molar-refractivity contribution in [1.82, 2.24) is 15.8 Å². The monoisotopic (exact) mass is 347 g/mol. The van der Waals surface area contributed by atoms with Crippen molar-refractivity contribution in [2.75, 3.05) is 24.5 Å². The predicted octanol–water partition coefficient (Wildman–Crippen LogP) is 2.50. The van der Waals surface area contributed by atoms with Crippen LogP contribution in [0.1, 0.15) is 24.0 Å². The molecule has 0 bridgehead atoms. The van der Waals surface area contributed by atoms with Crippen LogP contribution >= 0.6 is 0 Å². The molecule has 3 heterocycles. The maximum Gasteiger partial charge on any atom is 0.129 e. The topological polar surface area (TPSA) is 64.0 Å². The van der Waals surface area contributed by atoms with Gasteiger partial charge in [-0.2, -0.15) is 5.26 Å². The zero-order valence-corrected chi connectivity index (χ0v) is 14.9. The van der Waals surface area contributed by atoms with Crippen LogP contribution in [0.25, 0.3) is 0 Å². The molecule has 1 aromatic carbocycles. The average Bonchev–Trinajstić information content (AvgIpc) is 3.17. The second-order valence-electron chi connectivity index (χ2n) is 7.36. The lowest BCUT2D eigenvalue weighted by molar-refractivity contribution is 0.275. The molecule has 0 amide bonds. The SMILES string of the molecule is N#Cc1ccnc(N2CCCC(C3NNCC3Cc3ccccc3)C2)c1. The Labute approximate surface area is 155 Å². The van der Waals surface area contributed by atoms with Gasteiger partial charge in [0.15, 0.2) is 0 Å². The van der Waals surface area contributed by atoms with Crippen LogP contribution in [-0.4, -0.2) is 30.7 Å². The molecule has 2 aliphatic rings. The third-order valence-electron chi connectivity index (χ3n) is 5.65. The van der Waals surface area contributed by atoms with Crippen molar-refractivity contribution in [3.63, 3.8) is 0 Å². The van der Waals surface area contributed by atoms with Crippen LogP contribution in [0.15, 0.2) is 48.7 Å². The maximum absolute atomic E-state index is 9.15. The van der Waals surface area contributed by atoms with E-state index in [1.165, 1.54) is 18.4 Å². The normalized spacial score (nSPS) is 25.8. The van der Waals surface area contributed by atoms with Gasteiger partial charge in [0, 0.05) is 31.9 Å². The highest BCUT2D eigenvalue weighted by Gasteiger charge is 2.36. The van der Waals surface area contributed by atoms with E-state index in [1.807, 2.05) is 6.07 Å². The number of nitrogens with one attached hydrogen (secondary N) is 2. The van der Waals surface area contributed by atoms with Crippen LogP contribution in [-0.2, 0) is 6.42 Å². The summed E-state index contributed by atoms with van der Waals surface area (Å²) in [6.45, 7) is 3.02. The summed E-state index contributed by atoms with van der Waals surface area (Å²) in [6, 6.07) is 17.1. The highest BCUT2D eigenvalue weighted by molar-refractivity contribution is 5.45. The third kappa shape index (κ3) is 3.72.